The second-order valence-electron chi connectivity index (χ2n) is 6.10. The molecule has 0 spiro atoms. The number of anilines is 1. The Morgan fingerprint density at radius 3 is 2.77 bits per heavy atom. The summed E-state index contributed by atoms with van der Waals surface area (Å²) in [6.45, 7) is 0.861. The minimum absolute atomic E-state index is 0.0266. The maximum atomic E-state index is 12.5. The predicted octanol–water partition coefficient (Wildman–Crippen LogP) is 2.09. The normalized spacial score (nSPS) is 16.5. The third kappa shape index (κ3) is 3.93. The third-order valence-electron chi connectivity index (χ3n) is 4.33. The van der Waals surface area contributed by atoms with E-state index in [1.165, 1.54) is 7.11 Å². The fraction of sp³-hybridized carbons (Fsp3) is 0.316. The maximum Gasteiger partial charge on any atom is 0.229 e. The number of carbonyl (C=O) groups excluding carboxylic acids is 2. The van der Waals surface area contributed by atoms with Crippen molar-refractivity contribution in [2.24, 2.45) is 5.92 Å². The van der Waals surface area contributed by atoms with Crippen molar-refractivity contribution < 1.29 is 19.1 Å². The number of nitrogens with zero attached hydrogens (tertiary/aromatic N) is 2. The van der Waals surface area contributed by atoms with E-state index in [1.807, 2.05) is 12.1 Å². The summed E-state index contributed by atoms with van der Waals surface area (Å²) in [6, 6.07) is 8.90. The molecule has 0 saturated carbocycles. The highest BCUT2D eigenvalue weighted by atomic mass is 16.5. The number of rotatable bonds is 6. The van der Waals surface area contributed by atoms with Gasteiger partial charge in [-0.25, -0.2) is 0 Å². The van der Waals surface area contributed by atoms with Gasteiger partial charge >= 0.3 is 0 Å². The smallest absolute Gasteiger partial charge is 0.229 e. The van der Waals surface area contributed by atoms with E-state index in [1.54, 1.807) is 42.6 Å². The van der Waals surface area contributed by atoms with Gasteiger partial charge in [0.1, 0.15) is 0 Å². The summed E-state index contributed by atoms with van der Waals surface area (Å²) in [5.74, 6) is 0.531. The molecule has 1 aliphatic rings. The van der Waals surface area contributed by atoms with E-state index in [4.69, 9.17) is 9.47 Å². The predicted molar refractivity (Wildman–Crippen MR) is 95.9 cm³/mol. The van der Waals surface area contributed by atoms with Gasteiger partial charge in [-0.2, -0.15) is 0 Å². The molecular formula is C19H21N3O4. The zero-order chi connectivity index (χ0) is 18.5. The van der Waals surface area contributed by atoms with Crippen molar-refractivity contribution in [1.82, 2.24) is 9.88 Å². The number of hydrogen-bond acceptors (Lipinski definition) is 5. The maximum absolute atomic E-state index is 12.5. The number of likely N-dealkylation sites (tertiary alicyclic amines) is 1. The lowest BCUT2D eigenvalue weighted by Crippen LogP contribution is -2.28. The van der Waals surface area contributed by atoms with Crippen LogP contribution < -0.4 is 14.8 Å². The summed E-state index contributed by atoms with van der Waals surface area (Å²) in [7, 11) is 3.09. The molecule has 1 N–H and O–H groups in total. The summed E-state index contributed by atoms with van der Waals surface area (Å²) in [5, 5.41) is 2.85. The molecule has 1 aliphatic heterocycles. The van der Waals surface area contributed by atoms with Gasteiger partial charge in [-0.3, -0.25) is 14.6 Å². The van der Waals surface area contributed by atoms with E-state index in [0.717, 1.165) is 5.56 Å². The first-order valence-electron chi connectivity index (χ1n) is 8.30. The standard InChI is InChI=1S/C19H21N3O4/c1-25-16-6-5-15(9-17(16)26-2)21-19(24)14-8-18(23)22(12-14)11-13-4-3-7-20-10-13/h3-7,9-10,14H,8,11-12H2,1-2H3,(H,21,24). The van der Waals surface area contributed by atoms with E-state index in [0.29, 0.717) is 30.3 Å². The largest absolute Gasteiger partial charge is 0.493 e. The van der Waals surface area contributed by atoms with Gasteiger partial charge < -0.3 is 19.7 Å². The van der Waals surface area contributed by atoms with Crippen LogP contribution in [-0.4, -0.2) is 42.5 Å². The lowest BCUT2D eigenvalue weighted by Gasteiger charge is -2.16. The van der Waals surface area contributed by atoms with Gasteiger partial charge in [0, 0.05) is 43.7 Å². The number of aromatic nitrogens is 1. The Hall–Kier alpha value is -3.09. The van der Waals surface area contributed by atoms with Crippen LogP contribution in [0.25, 0.3) is 0 Å². The fourth-order valence-electron chi connectivity index (χ4n) is 2.97. The average molecular weight is 355 g/mol. The van der Waals surface area contributed by atoms with E-state index in [-0.39, 0.29) is 24.2 Å². The van der Waals surface area contributed by atoms with Crippen molar-refractivity contribution in [2.45, 2.75) is 13.0 Å². The van der Waals surface area contributed by atoms with Crippen LogP contribution in [0.4, 0.5) is 5.69 Å². The van der Waals surface area contributed by atoms with Gasteiger partial charge in [-0.05, 0) is 23.8 Å². The average Bonchev–Trinajstić information content (AvgIpc) is 3.03. The molecule has 26 heavy (non-hydrogen) atoms. The zero-order valence-electron chi connectivity index (χ0n) is 14.8. The molecule has 0 aliphatic carbocycles. The third-order valence-corrected chi connectivity index (χ3v) is 4.33. The second-order valence-corrected chi connectivity index (χ2v) is 6.10. The van der Waals surface area contributed by atoms with Crippen LogP contribution in [0.15, 0.2) is 42.7 Å². The fourth-order valence-corrected chi connectivity index (χ4v) is 2.97. The molecule has 1 atom stereocenters. The Morgan fingerprint density at radius 1 is 1.27 bits per heavy atom. The second kappa shape index (κ2) is 7.86. The molecule has 2 aromatic rings. The summed E-state index contributed by atoms with van der Waals surface area (Å²) < 4.78 is 10.4. The minimum atomic E-state index is -0.382. The minimum Gasteiger partial charge on any atom is -0.493 e. The molecule has 7 heteroatoms. The van der Waals surface area contributed by atoms with Crippen LogP contribution >= 0.6 is 0 Å². The number of benzene rings is 1. The molecule has 2 amide bonds. The summed E-state index contributed by atoms with van der Waals surface area (Å²) in [6.07, 6.45) is 3.62. The van der Waals surface area contributed by atoms with Crippen LogP contribution in [-0.2, 0) is 16.1 Å². The zero-order valence-corrected chi connectivity index (χ0v) is 14.8. The highest BCUT2D eigenvalue weighted by molar-refractivity contribution is 5.97. The number of pyridine rings is 1. The molecular weight excluding hydrogens is 334 g/mol. The molecule has 1 aromatic heterocycles. The summed E-state index contributed by atoms with van der Waals surface area (Å²) in [5.41, 5.74) is 1.55. The van der Waals surface area contributed by atoms with Crippen LogP contribution in [0.3, 0.4) is 0 Å². The Kier molecular flexibility index (Phi) is 5.36. The number of carbonyl (C=O) groups is 2. The molecule has 0 radical (unpaired) electrons. The SMILES string of the molecule is COc1ccc(NC(=O)C2CC(=O)N(Cc3cccnc3)C2)cc1OC. The molecule has 136 valence electrons. The van der Waals surface area contributed by atoms with Gasteiger partial charge in [0.05, 0.1) is 20.1 Å². The Bertz CT molecular complexity index is 795. The van der Waals surface area contributed by atoms with Crippen molar-refractivity contribution in [3.8, 4) is 11.5 Å². The number of nitrogens with one attached hydrogen (secondary N) is 1. The first-order chi connectivity index (χ1) is 12.6. The van der Waals surface area contributed by atoms with Crippen LogP contribution in [0.5, 0.6) is 11.5 Å². The monoisotopic (exact) mass is 355 g/mol. The lowest BCUT2D eigenvalue weighted by molar-refractivity contribution is -0.128. The van der Waals surface area contributed by atoms with Crippen LogP contribution in [0, 0.1) is 5.92 Å². The van der Waals surface area contributed by atoms with E-state index in [2.05, 4.69) is 10.3 Å². The topological polar surface area (TPSA) is 80.8 Å². The van der Waals surface area contributed by atoms with Gasteiger partial charge in [0.2, 0.25) is 11.8 Å². The van der Waals surface area contributed by atoms with E-state index < -0.39 is 0 Å². The molecule has 3 rings (SSSR count). The van der Waals surface area contributed by atoms with Crippen LogP contribution in [0.2, 0.25) is 0 Å². The molecule has 0 bridgehead atoms. The summed E-state index contributed by atoms with van der Waals surface area (Å²) >= 11 is 0. The number of ether oxygens (including phenoxy) is 2. The first-order valence-corrected chi connectivity index (χ1v) is 8.30. The summed E-state index contributed by atoms with van der Waals surface area (Å²) in [4.78, 5) is 30.5. The van der Waals surface area contributed by atoms with Crippen molar-refractivity contribution in [2.75, 3.05) is 26.1 Å². The Labute approximate surface area is 151 Å². The van der Waals surface area contributed by atoms with Crippen molar-refractivity contribution in [3.63, 3.8) is 0 Å². The van der Waals surface area contributed by atoms with Gasteiger partial charge in [-0.15, -0.1) is 0 Å². The lowest BCUT2D eigenvalue weighted by atomic mass is 10.1. The molecule has 1 aromatic carbocycles. The first kappa shape index (κ1) is 17.7. The molecule has 1 unspecified atom stereocenters. The highest BCUT2D eigenvalue weighted by Crippen LogP contribution is 2.30. The molecule has 7 nitrogen and oxygen atoms in total. The Balaban J connectivity index is 1.63. The van der Waals surface area contributed by atoms with E-state index >= 15 is 0 Å². The molecule has 1 fully saturated rings. The molecule has 2 heterocycles. The van der Waals surface area contributed by atoms with Crippen molar-refractivity contribution in [1.29, 1.82) is 0 Å². The van der Waals surface area contributed by atoms with Gasteiger partial charge in [0.25, 0.3) is 0 Å². The quantitative estimate of drug-likeness (QED) is 0.858. The van der Waals surface area contributed by atoms with E-state index in [9.17, 15) is 9.59 Å². The Morgan fingerprint density at radius 2 is 2.08 bits per heavy atom. The number of hydrogen-bond donors (Lipinski definition) is 1. The van der Waals surface area contributed by atoms with Gasteiger partial charge in [-0.1, -0.05) is 6.07 Å². The van der Waals surface area contributed by atoms with Crippen molar-refractivity contribution in [3.05, 3.63) is 48.3 Å². The molecule has 1 saturated heterocycles. The van der Waals surface area contributed by atoms with Crippen molar-refractivity contribution >= 4 is 17.5 Å². The van der Waals surface area contributed by atoms with Gasteiger partial charge in [0.15, 0.2) is 11.5 Å². The van der Waals surface area contributed by atoms with Crippen LogP contribution in [0.1, 0.15) is 12.0 Å². The highest BCUT2D eigenvalue weighted by Gasteiger charge is 2.34. The number of amides is 2. The number of methoxy groups -OCH3 is 2.